The van der Waals surface area contributed by atoms with Gasteiger partial charge >= 0.3 is 0 Å². The van der Waals surface area contributed by atoms with Crippen molar-refractivity contribution in [1.82, 2.24) is 20.4 Å². The first-order chi connectivity index (χ1) is 8.63. The summed E-state index contributed by atoms with van der Waals surface area (Å²) < 4.78 is 1.09. The van der Waals surface area contributed by atoms with Crippen molar-refractivity contribution < 1.29 is 4.79 Å². The van der Waals surface area contributed by atoms with Crippen molar-refractivity contribution in [3.63, 3.8) is 0 Å². The molecule has 18 heavy (non-hydrogen) atoms. The Morgan fingerprint density at radius 2 is 2.33 bits per heavy atom. The maximum absolute atomic E-state index is 12.3. The number of benzene rings is 1. The van der Waals surface area contributed by atoms with E-state index < -0.39 is 0 Å². The van der Waals surface area contributed by atoms with Crippen LogP contribution in [0.1, 0.15) is 10.5 Å². The molecule has 96 valence electrons. The molecular formula is C12H15IN4O. The number of likely N-dealkylation sites (N-methyl/N-ethyl adjacent to an activating group) is 2. The van der Waals surface area contributed by atoms with Gasteiger partial charge in [0.2, 0.25) is 0 Å². The number of fused-ring (bicyclic) bond motifs is 1. The number of carbonyl (C=O) groups excluding carboxylic acids is 1. The molecule has 2 rings (SSSR count). The lowest BCUT2D eigenvalue weighted by Crippen LogP contribution is -2.33. The van der Waals surface area contributed by atoms with E-state index in [1.165, 1.54) is 0 Å². The summed E-state index contributed by atoms with van der Waals surface area (Å²) in [6, 6.07) is 5.90. The summed E-state index contributed by atoms with van der Waals surface area (Å²) in [5.74, 6) is -0.0569. The number of H-pyrrole nitrogens is 1. The topological polar surface area (TPSA) is 61.0 Å². The molecule has 0 aliphatic carbocycles. The van der Waals surface area contributed by atoms with Crippen LogP contribution in [-0.2, 0) is 0 Å². The van der Waals surface area contributed by atoms with Crippen LogP contribution in [0.2, 0.25) is 0 Å². The highest BCUT2D eigenvalue weighted by Gasteiger charge is 2.17. The van der Waals surface area contributed by atoms with Gasteiger partial charge in [-0.25, -0.2) is 0 Å². The Hall–Kier alpha value is -1.15. The van der Waals surface area contributed by atoms with Crippen molar-refractivity contribution in [1.29, 1.82) is 0 Å². The highest BCUT2D eigenvalue weighted by molar-refractivity contribution is 14.1. The van der Waals surface area contributed by atoms with Crippen molar-refractivity contribution >= 4 is 39.4 Å². The molecule has 0 atom stereocenters. The molecule has 0 saturated carbocycles. The zero-order valence-electron chi connectivity index (χ0n) is 10.3. The smallest absolute Gasteiger partial charge is 0.274 e. The number of nitrogens with zero attached hydrogens (tertiary/aromatic N) is 2. The fraction of sp³-hybridized carbons (Fsp3) is 0.333. The molecule has 0 radical (unpaired) electrons. The minimum Gasteiger partial charge on any atom is -0.339 e. The summed E-state index contributed by atoms with van der Waals surface area (Å²) in [6.45, 7) is 1.43. The summed E-state index contributed by atoms with van der Waals surface area (Å²) in [5.41, 5.74) is 1.38. The maximum Gasteiger partial charge on any atom is 0.274 e. The molecule has 0 aliphatic heterocycles. The number of amides is 1. The number of rotatable bonds is 4. The summed E-state index contributed by atoms with van der Waals surface area (Å²) in [6.07, 6.45) is 0. The number of nitrogens with one attached hydrogen (secondary N) is 2. The molecule has 1 amide bonds. The second kappa shape index (κ2) is 5.66. The van der Waals surface area contributed by atoms with Gasteiger partial charge in [0, 0.05) is 29.1 Å². The normalized spacial score (nSPS) is 10.8. The molecule has 0 saturated heterocycles. The minimum atomic E-state index is -0.0569. The minimum absolute atomic E-state index is 0.0569. The van der Waals surface area contributed by atoms with E-state index in [1.807, 2.05) is 25.2 Å². The van der Waals surface area contributed by atoms with Crippen LogP contribution in [-0.4, -0.2) is 48.2 Å². The maximum atomic E-state index is 12.3. The first-order valence-electron chi connectivity index (χ1n) is 5.67. The van der Waals surface area contributed by atoms with Gasteiger partial charge in [-0.05, 0) is 47.8 Å². The molecule has 0 bridgehead atoms. The zero-order valence-corrected chi connectivity index (χ0v) is 12.5. The van der Waals surface area contributed by atoms with Crippen LogP contribution in [0.3, 0.4) is 0 Å². The van der Waals surface area contributed by atoms with Gasteiger partial charge in [-0.15, -0.1) is 0 Å². The van der Waals surface area contributed by atoms with Gasteiger partial charge in [0.25, 0.3) is 5.91 Å². The monoisotopic (exact) mass is 358 g/mol. The van der Waals surface area contributed by atoms with Crippen molar-refractivity contribution in [2.24, 2.45) is 0 Å². The molecule has 0 fully saturated rings. The van der Waals surface area contributed by atoms with Gasteiger partial charge in [-0.2, -0.15) is 5.10 Å². The van der Waals surface area contributed by atoms with Gasteiger partial charge in [0.15, 0.2) is 5.69 Å². The molecule has 1 heterocycles. The lowest BCUT2D eigenvalue weighted by atomic mass is 10.2. The van der Waals surface area contributed by atoms with E-state index in [1.54, 1.807) is 11.9 Å². The van der Waals surface area contributed by atoms with Gasteiger partial charge in [0.05, 0.1) is 5.52 Å². The van der Waals surface area contributed by atoms with Gasteiger partial charge < -0.3 is 10.2 Å². The average Bonchev–Trinajstić information content (AvgIpc) is 2.77. The molecule has 6 heteroatoms. The van der Waals surface area contributed by atoms with Gasteiger partial charge in [0.1, 0.15) is 0 Å². The molecular weight excluding hydrogens is 343 g/mol. The standard InChI is InChI=1S/C12H15IN4O/c1-14-5-6-17(2)12(18)11-9-7-8(13)3-4-10(9)15-16-11/h3-4,7,14H,5-6H2,1-2H3,(H,15,16). The van der Waals surface area contributed by atoms with Crippen LogP contribution < -0.4 is 5.32 Å². The van der Waals surface area contributed by atoms with E-state index in [2.05, 4.69) is 38.1 Å². The van der Waals surface area contributed by atoms with E-state index in [0.29, 0.717) is 12.2 Å². The van der Waals surface area contributed by atoms with Crippen molar-refractivity contribution in [2.45, 2.75) is 0 Å². The number of carbonyl (C=O) groups is 1. The van der Waals surface area contributed by atoms with Crippen LogP contribution in [0, 0.1) is 3.57 Å². The molecule has 2 aromatic rings. The zero-order chi connectivity index (χ0) is 13.1. The predicted octanol–water partition coefficient (Wildman–Crippen LogP) is 1.46. The highest BCUT2D eigenvalue weighted by atomic mass is 127. The van der Waals surface area contributed by atoms with Crippen molar-refractivity contribution in [3.8, 4) is 0 Å². The first-order valence-corrected chi connectivity index (χ1v) is 6.75. The van der Waals surface area contributed by atoms with Gasteiger partial charge in [-0.1, -0.05) is 0 Å². The van der Waals surface area contributed by atoms with E-state index in [0.717, 1.165) is 21.0 Å². The van der Waals surface area contributed by atoms with Crippen LogP contribution in [0.4, 0.5) is 0 Å². The Morgan fingerprint density at radius 3 is 3.06 bits per heavy atom. The lowest BCUT2D eigenvalue weighted by molar-refractivity contribution is 0.0793. The molecule has 5 nitrogen and oxygen atoms in total. The van der Waals surface area contributed by atoms with Gasteiger partial charge in [-0.3, -0.25) is 9.89 Å². The summed E-state index contributed by atoms with van der Waals surface area (Å²) in [7, 11) is 3.65. The third kappa shape index (κ3) is 2.64. The first kappa shape index (κ1) is 13.3. The Labute approximate surface area is 119 Å². The lowest BCUT2D eigenvalue weighted by Gasteiger charge is -2.15. The Bertz CT molecular complexity index is 566. The molecule has 1 aromatic carbocycles. The van der Waals surface area contributed by atoms with Crippen molar-refractivity contribution in [2.75, 3.05) is 27.2 Å². The Kier molecular flexibility index (Phi) is 4.18. The van der Waals surface area contributed by atoms with Crippen LogP contribution in [0.15, 0.2) is 18.2 Å². The molecule has 0 unspecified atom stereocenters. The summed E-state index contributed by atoms with van der Waals surface area (Å²) in [5, 5.41) is 10.9. The van der Waals surface area contributed by atoms with E-state index >= 15 is 0 Å². The van der Waals surface area contributed by atoms with Crippen molar-refractivity contribution in [3.05, 3.63) is 27.5 Å². The van der Waals surface area contributed by atoms with E-state index in [-0.39, 0.29) is 5.91 Å². The molecule has 2 N–H and O–H groups in total. The number of aromatic nitrogens is 2. The van der Waals surface area contributed by atoms with E-state index in [9.17, 15) is 4.79 Å². The van der Waals surface area contributed by atoms with E-state index in [4.69, 9.17) is 0 Å². The second-order valence-corrected chi connectivity index (χ2v) is 5.34. The second-order valence-electron chi connectivity index (χ2n) is 4.09. The SMILES string of the molecule is CNCCN(C)C(=O)c1n[nH]c2ccc(I)cc12. The van der Waals surface area contributed by atoms with Crippen LogP contribution in [0.5, 0.6) is 0 Å². The molecule has 0 aliphatic rings. The molecule has 0 spiro atoms. The highest BCUT2D eigenvalue weighted by Crippen LogP contribution is 2.19. The predicted molar refractivity (Wildman–Crippen MR) is 79.7 cm³/mol. The fourth-order valence-corrected chi connectivity index (χ4v) is 2.20. The molecule has 1 aromatic heterocycles. The fourth-order valence-electron chi connectivity index (χ4n) is 1.71. The summed E-state index contributed by atoms with van der Waals surface area (Å²) >= 11 is 2.23. The number of hydrogen-bond donors (Lipinski definition) is 2. The van der Waals surface area contributed by atoms with Crippen LogP contribution in [0.25, 0.3) is 10.9 Å². The third-order valence-corrected chi connectivity index (χ3v) is 3.44. The number of halogens is 1. The average molecular weight is 358 g/mol. The largest absolute Gasteiger partial charge is 0.339 e. The number of aromatic amines is 1. The quantitative estimate of drug-likeness (QED) is 0.814. The Morgan fingerprint density at radius 1 is 1.56 bits per heavy atom. The van der Waals surface area contributed by atoms with Crippen LogP contribution >= 0.6 is 22.6 Å². The number of hydrogen-bond acceptors (Lipinski definition) is 3. The summed E-state index contributed by atoms with van der Waals surface area (Å²) in [4.78, 5) is 13.9. The Balaban J connectivity index is 2.30. The third-order valence-electron chi connectivity index (χ3n) is 2.77.